The lowest BCUT2D eigenvalue weighted by Gasteiger charge is -2.27. The third-order valence-electron chi connectivity index (χ3n) is 4.02. The van der Waals surface area contributed by atoms with Gasteiger partial charge in [-0.2, -0.15) is 0 Å². The van der Waals surface area contributed by atoms with Crippen LogP contribution in [-0.4, -0.2) is 25.5 Å². The lowest BCUT2D eigenvalue weighted by Crippen LogP contribution is -2.41. The van der Waals surface area contributed by atoms with Crippen LogP contribution in [0.4, 0.5) is 0 Å². The van der Waals surface area contributed by atoms with Gasteiger partial charge in [-0.05, 0) is 52.4 Å². The number of nitrogens with one attached hydrogen (secondary N) is 1. The second-order valence-corrected chi connectivity index (χ2v) is 8.54. The second-order valence-electron chi connectivity index (χ2n) is 6.01. The Hall–Kier alpha value is -0.920. The number of hydrogen-bond acceptors (Lipinski definition) is 3. The number of aromatic carboxylic acids is 1. The molecule has 1 atom stereocenters. The van der Waals surface area contributed by atoms with E-state index in [1.165, 1.54) is 18.2 Å². The summed E-state index contributed by atoms with van der Waals surface area (Å²) in [5.74, 6) is -1.09. The van der Waals surface area contributed by atoms with Crippen LogP contribution in [0.15, 0.2) is 27.6 Å². The zero-order valence-electron chi connectivity index (χ0n) is 11.9. The molecular formula is C14H18BrNO4S. The van der Waals surface area contributed by atoms with Crippen molar-refractivity contribution in [3.8, 4) is 0 Å². The minimum absolute atomic E-state index is 0.0435. The number of carbonyl (C=O) groups is 1. The lowest BCUT2D eigenvalue weighted by molar-refractivity contribution is 0.0696. The summed E-state index contributed by atoms with van der Waals surface area (Å²) in [5.41, 5.74) is -0.0254. The zero-order valence-corrected chi connectivity index (χ0v) is 14.3. The van der Waals surface area contributed by atoms with Gasteiger partial charge in [0, 0.05) is 10.5 Å². The molecule has 0 radical (unpaired) electrons. The van der Waals surface area contributed by atoms with Crippen LogP contribution >= 0.6 is 15.9 Å². The first kappa shape index (κ1) is 16.5. The summed E-state index contributed by atoms with van der Waals surface area (Å²) in [6.45, 7) is 4.10. The highest BCUT2D eigenvalue weighted by molar-refractivity contribution is 9.10. The fourth-order valence-corrected chi connectivity index (χ4v) is 5.17. The molecule has 5 nitrogen and oxygen atoms in total. The number of sulfonamides is 1. The normalized spacial score (nSPS) is 21.4. The first-order valence-electron chi connectivity index (χ1n) is 6.69. The van der Waals surface area contributed by atoms with E-state index in [9.17, 15) is 13.2 Å². The minimum atomic E-state index is -3.68. The van der Waals surface area contributed by atoms with Crippen LogP contribution < -0.4 is 4.72 Å². The number of carboxylic acid groups (broad SMARTS) is 1. The molecule has 0 aromatic heterocycles. The van der Waals surface area contributed by atoms with Crippen molar-refractivity contribution >= 4 is 31.9 Å². The quantitative estimate of drug-likeness (QED) is 0.846. The van der Waals surface area contributed by atoms with Gasteiger partial charge in [0.25, 0.3) is 0 Å². The van der Waals surface area contributed by atoms with Crippen LogP contribution in [-0.2, 0) is 10.0 Å². The molecule has 7 heteroatoms. The minimum Gasteiger partial charge on any atom is -0.478 e. The fourth-order valence-electron chi connectivity index (χ4n) is 2.65. The first-order valence-corrected chi connectivity index (χ1v) is 8.96. The molecule has 0 spiro atoms. The summed E-state index contributed by atoms with van der Waals surface area (Å²) in [6.07, 6.45) is 2.80. The average Bonchev–Trinajstić information content (AvgIpc) is 2.67. The summed E-state index contributed by atoms with van der Waals surface area (Å²) in [6, 6.07) is 3.81. The van der Waals surface area contributed by atoms with Gasteiger partial charge in [-0.25, -0.2) is 17.9 Å². The second kappa shape index (κ2) is 5.70. The van der Waals surface area contributed by atoms with Gasteiger partial charge >= 0.3 is 5.97 Å². The summed E-state index contributed by atoms with van der Waals surface area (Å²) < 4.78 is 28.0. The maximum Gasteiger partial charge on any atom is 0.335 e. The molecule has 1 aliphatic rings. The first-order chi connectivity index (χ1) is 9.63. The molecule has 0 heterocycles. The standard InChI is InChI=1S/C14H18BrNO4S/c1-14(2)7-3-4-12(14)16-21(19,20)11-6-5-9(13(17)18)8-10(11)15/h5-6,8,12,16H,3-4,7H2,1-2H3,(H,17,18). The Morgan fingerprint density at radius 1 is 1.43 bits per heavy atom. The maximum absolute atomic E-state index is 12.5. The van der Waals surface area contributed by atoms with Crippen molar-refractivity contribution in [3.05, 3.63) is 28.2 Å². The number of hydrogen-bond donors (Lipinski definition) is 2. The van der Waals surface area contributed by atoms with Crippen molar-refractivity contribution in [1.29, 1.82) is 0 Å². The maximum atomic E-state index is 12.5. The van der Waals surface area contributed by atoms with Gasteiger partial charge in [-0.1, -0.05) is 20.3 Å². The van der Waals surface area contributed by atoms with Gasteiger partial charge < -0.3 is 5.11 Å². The van der Waals surface area contributed by atoms with E-state index in [4.69, 9.17) is 5.11 Å². The van der Waals surface area contributed by atoms with Crippen LogP contribution in [0.2, 0.25) is 0 Å². The SMILES string of the molecule is CC1(C)CCCC1NS(=O)(=O)c1ccc(C(=O)O)cc1Br. The topological polar surface area (TPSA) is 83.5 Å². The lowest BCUT2D eigenvalue weighted by atomic mass is 9.88. The molecule has 0 amide bonds. The van der Waals surface area contributed by atoms with Crippen molar-refractivity contribution in [3.63, 3.8) is 0 Å². The molecule has 0 bridgehead atoms. The summed E-state index contributed by atoms with van der Waals surface area (Å²) in [4.78, 5) is 11.0. The third-order valence-corrected chi connectivity index (χ3v) is 6.47. The van der Waals surface area contributed by atoms with E-state index in [2.05, 4.69) is 34.5 Å². The molecular weight excluding hydrogens is 358 g/mol. The van der Waals surface area contributed by atoms with Gasteiger partial charge in [0.05, 0.1) is 10.5 Å². The Morgan fingerprint density at radius 2 is 2.10 bits per heavy atom. The van der Waals surface area contributed by atoms with Crippen LogP contribution in [0.1, 0.15) is 43.5 Å². The molecule has 1 aliphatic carbocycles. The molecule has 2 N–H and O–H groups in total. The van der Waals surface area contributed by atoms with Crippen molar-refractivity contribution in [2.75, 3.05) is 0 Å². The summed E-state index contributed by atoms with van der Waals surface area (Å²) >= 11 is 3.15. The molecule has 116 valence electrons. The van der Waals surface area contributed by atoms with E-state index < -0.39 is 16.0 Å². The largest absolute Gasteiger partial charge is 0.478 e. The van der Waals surface area contributed by atoms with E-state index in [-0.39, 0.29) is 26.4 Å². The molecule has 1 aromatic carbocycles. The van der Waals surface area contributed by atoms with Crippen molar-refractivity contribution in [1.82, 2.24) is 4.72 Å². The summed E-state index contributed by atoms with van der Waals surface area (Å²) in [5, 5.41) is 8.92. The Bertz CT molecular complexity index is 670. The van der Waals surface area contributed by atoms with Crippen LogP contribution in [0.25, 0.3) is 0 Å². The Morgan fingerprint density at radius 3 is 2.57 bits per heavy atom. The van der Waals surface area contributed by atoms with Crippen molar-refractivity contribution in [2.24, 2.45) is 5.41 Å². The Labute approximate surface area is 132 Å². The van der Waals surface area contributed by atoms with E-state index in [1.54, 1.807) is 0 Å². The third kappa shape index (κ3) is 3.46. The molecule has 1 unspecified atom stereocenters. The van der Waals surface area contributed by atoms with E-state index >= 15 is 0 Å². The number of halogens is 1. The highest BCUT2D eigenvalue weighted by atomic mass is 79.9. The molecule has 0 aliphatic heterocycles. The van der Waals surface area contributed by atoms with Crippen LogP contribution in [0, 0.1) is 5.41 Å². The van der Waals surface area contributed by atoms with Gasteiger partial charge in [0.2, 0.25) is 10.0 Å². The van der Waals surface area contributed by atoms with Gasteiger partial charge in [-0.15, -0.1) is 0 Å². The van der Waals surface area contributed by atoms with E-state index in [1.807, 2.05) is 0 Å². The fraction of sp³-hybridized carbons (Fsp3) is 0.500. The summed E-state index contributed by atoms with van der Waals surface area (Å²) in [7, 11) is -3.68. The van der Waals surface area contributed by atoms with Crippen molar-refractivity contribution in [2.45, 2.75) is 44.0 Å². The van der Waals surface area contributed by atoms with Crippen LogP contribution in [0.5, 0.6) is 0 Å². The molecule has 21 heavy (non-hydrogen) atoms. The molecule has 1 saturated carbocycles. The zero-order chi connectivity index (χ0) is 15.8. The number of rotatable bonds is 4. The highest BCUT2D eigenvalue weighted by Gasteiger charge is 2.37. The predicted octanol–water partition coefficient (Wildman–Crippen LogP) is 3.00. The van der Waals surface area contributed by atoms with Gasteiger partial charge in [-0.3, -0.25) is 0 Å². The highest BCUT2D eigenvalue weighted by Crippen LogP contribution is 2.38. The average molecular weight is 376 g/mol. The monoisotopic (exact) mass is 375 g/mol. The molecule has 1 aromatic rings. The van der Waals surface area contributed by atoms with Crippen molar-refractivity contribution < 1.29 is 18.3 Å². The smallest absolute Gasteiger partial charge is 0.335 e. The predicted molar refractivity (Wildman–Crippen MR) is 82.8 cm³/mol. The Kier molecular flexibility index (Phi) is 4.46. The van der Waals surface area contributed by atoms with E-state index in [0.717, 1.165) is 19.3 Å². The van der Waals surface area contributed by atoms with Gasteiger partial charge in [0.15, 0.2) is 0 Å². The Balaban J connectivity index is 2.30. The number of benzene rings is 1. The van der Waals surface area contributed by atoms with Gasteiger partial charge in [0.1, 0.15) is 0 Å². The number of carboxylic acids is 1. The molecule has 1 fully saturated rings. The van der Waals surface area contributed by atoms with E-state index in [0.29, 0.717) is 0 Å². The van der Waals surface area contributed by atoms with Crippen LogP contribution in [0.3, 0.4) is 0 Å². The molecule has 0 saturated heterocycles. The molecule has 2 rings (SSSR count).